The van der Waals surface area contributed by atoms with E-state index >= 15 is 0 Å². The number of halogens is 1. The van der Waals surface area contributed by atoms with Crippen molar-refractivity contribution in [1.29, 1.82) is 0 Å². The Morgan fingerprint density at radius 3 is 2.54 bits per heavy atom. The van der Waals surface area contributed by atoms with Crippen molar-refractivity contribution in [3.05, 3.63) is 65.5 Å². The van der Waals surface area contributed by atoms with Crippen LogP contribution in [0.1, 0.15) is 28.8 Å². The van der Waals surface area contributed by atoms with Crippen molar-refractivity contribution >= 4 is 11.8 Å². The Bertz CT molecular complexity index is 747. The molecule has 2 aromatic carbocycles. The molecule has 0 aromatic heterocycles. The minimum Gasteiger partial charge on any atom is -0.493 e. The number of carbonyl (C=O) groups is 2. The summed E-state index contributed by atoms with van der Waals surface area (Å²) in [4.78, 5) is 25.3. The first-order valence-electron chi connectivity index (χ1n) is 8.43. The second-order valence-electron chi connectivity index (χ2n) is 5.94. The molecule has 2 amide bonds. The molecule has 6 heteroatoms. The summed E-state index contributed by atoms with van der Waals surface area (Å²) >= 11 is 0. The van der Waals surface area contributed by atoms with Crippen molar-refractivity contribution in [2.75, 3.05) is 20.7 Å². The zero-order valence-corrected chi connectivity index (χ0v) is 15.0. The minimum absolute atomic E-state index is 0.00298. The van der Waals surface area contributed by atoms with E-state index in [1.807, 2.05) is 12.1 Å². The van der Waals surface area contributed by atoms with E-state index in [4.69, 9.17) is 4.74 Å². The van der Waals surface area contributed by atoms with Crippen molar-refractivity contribution in [3.63, 3.8) is 0 Å². The van der Waals surface area contributed by atoms with Gasteiger partial charge in [-0.3, -0.25) is 9.59 Å². The maximum Gasteiger partial charge on any atom is 0.251 e. The summed E-state index contributed by atoms with van der Waals surface area (Å²) in [5.41, 5.74) is 1.53. The molecule has 2 rings (SSSR count). The van der Waals surface area contributed by atoms with Crippen LogP contribution in [0.3, 0.4) is 0 Å². The zero-order chi connectivity index (χ0) is 18.9. The normalized spacial score (nSPS) is 10.3. The predicted octanol–water partition coefficient (Wildman–Crippen LogP) is 3.00. The molecule has 0 radical (unpaired) electrons. The lowest BCUT2D eigenvalue weighted by Gasteiger charge is -2.17. The van der Waals surface area contributed by atoms with Crippen LogP contribution in [0.4, 0.5) is 4.39 Å². The molecule has 0 heterocycles. The van der Waals surface area contributed by atoms with Crippen LogP contribution in [0.2, 0.25) is 0 Å². The molecular formula is C20H23FN2O3. The molecule has 0 unspecified atom stereocenters. The molecule has 0 spiro atoms. The smallest absolute Gasteiger partial charge is 0.251 e. The molecule has 138 valence electrons. The summed E-state index contributed by atoms with van der Waals surface area (Å²) in [6.07, 6.45) is 0.900. The number of rotatable bonds is 8. The van der Waals surface area contributed by atoms with Gasteiger partial charge in [0.25, 0.3) is 5.91 Å². The monoisotopic (exact) mass is 358 g/mol. The maximum absolute atomic E-state index is 13.0. The Morgan fingerprint density at radius 1 is 1.15 bits per heavy atom. The molecule has 0 atom stereocenters. The number of benzene rings is 2. The van der Waals surface area contributed by atoms with Crippen LogP contribution in [0.5, 0.6) is 5.75 Å². The van der Waals surface area contributed by atoms with Crippen LogP contribution in [0.25, 0.3) is 0 Å². The van der Waals surface area contributed by atoms with Gasteiger partial charge in [0.15, 0.2) is 0 Å². The molecular weight excluding hydrogens is 335 g/mol. The predicted molar refractivity (Wildman–Crippen MR) is 97.4 cm³/mol. The number of amides is 2. The summed E-state index contributed by atoms with van der Waals surface area (Å²) in [6.45, 7) is 0.821. The second kappa shape index (κ2) is 9.56. The van der Waals surface area contributed by atoms with Gasteiger partial charge >= 0.3 is 0 Å². The van der Waals surface area contributed by atoms with Gasteiger partial charge in [-0.15, -0.1) is 0 Å². The van der Waals surface area contributed by atoms with Crippen LogP contribution in [-0.4, -0.2) is 37.4 Å². The Hall–Kier alpha value is -2.89. The van der Waals surface area contributed by atoms with Gasteiger partial charge < -0.3 is 15.0 Å². The fraction of sp³-hybridized carbons (Fsp3) is 0.300. The van der Waals surface area contributed by atoms with Gasteiger partial charge in [0.1, 0.15) is 11.6 Å². The van der Waals surface area contributed by atoms with Gasteiger partial charge in [0.2, 0.25) is 5.91 Å². The summed E-state index contributed by atoms with van der Waals surface area (Å²) in [5.74, 6) is -0.0229. The van der Waals surface area contributed by atoms with E-state index in [2.05, 4.69) is 5.32 Å². The first kappa shape index (κ1) is 19.4. The third kappa shape index (κ3) is 5.88. The summed E-state index contributed by atoms with van der Waals surface area (Å²) in [7, 11) is 3.32. The van der Waals surface area contributed by atoms with E-state index < -0.39 is 0 Å². The highest BCUT2D eigenvalue weighted by Gasteiger charge is 2.10. The Morgan fingerprint density at radius 2 is 1.88 bits per heavy atom. The highest BCUT2D eigenvalue weighted by atomic mass is 19.1. The van der Waals surface area contributed by atoms with E-state index in [0.29, 0.717) is 37.3 Å². The summed E-state index contributed by atoms with van der Waals surface area (Å²) < 4.78 is 18.5. The number of hydrogen-bond acceptors (Lipinski definition) is 3. The highest BCUT2D eigenvalue weighted by Crippen LogP contribution is 2.13. The second-order valence-corrected chi connectivity index (χ2v) is 5.94. The summed E-state index contributed by atoms with van der Waals surface area (Å²) in [6, 6.07) is 13.1. The number of ether oxygens (including phenoxy) is 1. The SMILES string of the molecule is CNC(=O)c1ccc(CN(C)C(=O)CCCOc2cccc(F)c2)cc1. The van der Waals surface area contributed by atoms with Gasteiger partial charge in [-0.05, 0) is 36.2 Å². The van der Waals surface area contributed by atoms with Gasteiger partial charge in [-0.2, -0.15) is 0 Å². The fourth-order valence-electron chi connectivity index (χ4n) is 2.43. The van der Waals surface area contributed by atoms with E-state index in [0.717, 1.165) is 5.56 Å². The average Bonchev–Trinajstić information content (AvgIpc) is 2.65. The molecule has 2 aromatic rings. The number of nitrogens with zero attached hydrogens (tertiary/aromatic N) is 1. The third-order valence-corrected chi connectivity index (χ3v) is 3.89. The van der Waals surface area contributed by atoms with Crippen LogP contribution >= 0.6 is 0 Å². The molecule has 0 saturated carbocycles. The molecule has 0 aliphatic carbocycles. The highest BCUT2D eigenvalue weighted by molar-refractivity contribution is 5.93. The van der Waals surface area contributed by atoms with Gasteiger partial charge in [0, 0.05) is 38.7 Å². The minimum atomic E-state index is -0.347. The average molecular weight is 358 g/mol. The topological polar surface area (TPSA) is 58.6 Å². The lowest BCUT2D eigenvalue weighted by atomic mass is 10.1. The Kier molecular flexibility index (Phi) is 7.14. The van der Waals surface area contributed by atoms with Gasteiger partial charge in [-0.1, -0.05) is 18.2 Å². The number of carbonyl (C=O) groups excluding carboxylic acids is 2. The standard InChI is InChI=1S/C20H23FN2O3/c1-22-20(25)16-10-8-15(9-11-16)14-23(2)19(24)7-4-12-26-18-6-3-5-17(21)13-18/h3,5-6,8-11,13H,4,7,12,14H2,1-2H3,(H,22,25). The molecule has 5 nitrogen and oxygen atoms in total. The van der Waals surface area contributed by atoms with Crippen molar-refractivity contribution in [2.45, 2.75) is 19.4 Å². The molecule has 0 fully saturated rings. The molecule has 26 heavy (non-hydrogen) atoms. The molecule has 0 aliphatic rings. The Labute approximate surface area is 152 Å². The number of nitrogens with one attached hydrogen (secondary N) is 1. The van der Waals surface area contributed by atoms with Crippen LogP contribution < -0.4 is 10.1 Å². The molecule has 1 N–H and O–H groups in total. The fourth-order valence-corrected chi connectivity index (χ4v) is 2.43. The zero-order valence-electron chi connectivity index (χ0n) is 15.0. The first-order chi connectivity index (χ1) is 12.5. The van der Waals surface area contributed by atoms with Crippen molar-refractivity contribution < 1.29 is 18.7 Å². The van der Waals surface area contributed by atoms with Crippen molar-refractivity contribution in [2.24, 2.45) is 0 Å². The largest absolute Gasteiger partial charge is 0.493 e. The molecule has 0 saturated heterocycles. The Balaban J connectivity index is 1.74. The van der Waals surface area contributed by atoms with E-state index in [1.165, 1.54) is 12.1 Å². The van der Waals surface area contributed by atoms with Crippen molar-refractivity contribution in [3.8, 4) is 5.75 Å². The van der Waals surface area contributed by atoms with Crippen molar-refractivity contribution in [1.82, 2.24) is 10.2 Å². The van der Waals surface area contributed by atoms with E-state index in [1.54, 1.807) is 43.3 Å². The van der Waals surface area contributed by atoms with Gasteiger partial charge in [-0.25, -0.2) is 4.39 Å². The van der Waals surface area contributed by atoms with Gasteiger partial charge in [0.05, 0.1) is 6.61 Å². The van der Waals surface area contributed by atoms with Crippen LogP contribution in [-0.2, 0) is 11.3 Å². The maximum atomic E-state index is 13.0. The third-order valence-electron chi connectivity index (χ3n) is 3.89. The van der Waals surface area contributed by atoms with E-state index in [9.17, 15) is 14.0 Å². The first-order valence-corrected chi connectivity index (χ1v) is 8.43. The van der Waals surface area contributed by atoms with Crippen LogP contribution in [0.15, 0.2) is 48.5 Å². The van der Waals surface area contributed by atoms with E-state index in [-0.39, 0.29) is 17.6 Å². The van der Waals surface area contributed by atoms with Crippen LogP contribution in [0, 0.1) is 5.82 Å². The molecule has 0 aliphatic heterocycles. The molecule has 0 bridgehead atoms. The summed E-state index contributed by atoms with van der Waals surface area (Å²) in [5, 5.41) is 2.57. The lowest BCUT2D eigenvalue weighted by molar-refractivity contribution is -0.130. The number of hydrogen-bond donors (Lipinski definition) is 1. The lowest BCUT2D eigenvalue weighted by Crippen LogP contribution is -2.26. The quantitative estimate of drug-likeness (QED) is 0.738.